The maximum atomic E-state index is 13.0. The standard InChI is InChI=1S/C25H28F3N7O5/c1-24(2,3)40-23(37)35-12-15(10-16(35)13-34-9-8-29-33-34)30-20(36)22-32-31-21(38-22)19-11-17(39-25(26,27)28)6-7-18(19)14-4-5-14/h6-9,11,14-16H,4-5,10,12-13H2,1-3H3,(H,30,36)/t15?,16-/m1/s1. The van der Waals surface area contributed by atoms with E-state index in [1.54, 1.807) is 31.6 Å². The molecule has 12 nitrogen and oxygen atoms in total. The Hall–Kier alpha value is -4.17. The van der Waals surface area contributed by atoms with Gasteiger partial charge >= 0.3 is 24.3 Å². The summed E-state index contributed by atoms with van der Waals surface area (Å²) in [6.07, 6.45) is -0.0442. The van der Waals surface area contributed by atoms with Crippen LogP contribution >= 0.6 is 0 Å². The van der Waals surface area contributed by atoms with Crippen LogP contribution in [0.25, 0.3) is 11.5 Å². The zero-order chi connectivity index (χ0) is 28.7. The van der Waals surface area contributed by atoms with Crippen molar-refractivity contribution in [2.75, 3.05) is 6.54 Å². The van der Waals surface area contributed by atoms with E-state index in [1.807, 2.05) is 0 Å². The highest BCUT2D eigenvalue weighted by Gasteiger charge is 2.39. The summed E-state index contributed by atoms with van der Waals surface area (Å²) in [5.41, 5.74) is 0.309. The fourth-order valence-electron chi connectivity index (χ4n) is 4.62. The van der Waals surface area contributed by atoms with Crippen LogP contribution in [-0.4, -0.2) is 72.7 Å². The Bertz CT molecular complexity index is 1370. The molecule has 2 amide bonds. The molecule has 2 aromatic heterocycles. The molecule has 214 valence electrons. The summed E-state index contributed by atoms with van der Waals surface area (Å²) >= 11 is 0. The topological polar surface area (TPSA) is 138 Å². The fraction of sp³-hybridized carbons (Fsp3) is 0.520. The first-order chi connectivity index (χ1) is 18.8. The third-order valence-corrected chi connectivity index (χ3v) is 6.37. The first-order valence-corrected chi connectivity index (χ1v) is 12.7. The van der Waals surface area contributed by atoms with Crippen molar-refractivity contribution in [3.05, 3.63) is 42.0 Å². The van der Waals surface area contributed by atoms with Crippen LogP contribution in [0.1, 0.15) is 62.2 Å². The van der Waals surface area contributed by atoms with E-state index in [0.717, 1.165) is 18.4 Å². The highest BCUT2D eigenvalue weighted by atomic mass is 19.4. The molecule has 1 unspecified atom stereocenters. The molecule has 40 heavy (non-hydrogen) atoms. The Morgan fingerprint density at radius 2 is 1.95 bits per heavy atom. The molecule has 5 rings (SSSR count). The number of hydrogen-bond acceptors (Lipinski definition) is 9. The van der Waals surface area contributed by atoms with Gasteiger partial charge in [0.1, 0.15) is 11.4 Å². The molecule has 0 spiro atoms. The van der Waals surface area contributed by atoms with E-state index < -0.39 is 35.8 Å². The molecule has 3 aromatic rings. The number of ether oxygens (including phenoxy) is 2. The average molecular weight is 564 g/mol. The largest absolute Gasteiger partial charge is 0.573 e. The van der Waals surface area contributed by atoms with Gasteiger partial charge in [0.2, 0.25) is 5.89 Å². The molecule has 1 aliphatic heterocycles. The van der Waals surface area contributed by atoms with Crippen LogP contribution in [0.2, 0.25) is 0 Å². The van der Waals surface area contributed by atoms with Crippen molar-refractivity contribution in [2.45, 2.75) is 76.5 Å². The number of benzene rings is 1. The molecule has 1 N–H and O–H groups in total. The number of carbonyl (C=O) groups is 2. The van der Waals surface area contributed by atoms with Gasteiger partial charge in [0.15, 0.2) is 0 Å². The Morgan fingerprint density at radius 3 is 2.60 bits per heavy atom. The van der Waals surface area contributed by atoms with Gasteiger partial charge in [-0.15, -0.1) is 28.5 Å². The molecule has 2 aliphatic rings. The van der Waals surface area contributed by atoms with Gasteiger partial charge in [-0.25, -0.2) is 4.79 Å². The minimum absolute atomic E-state index is 0.0921. The van der Waals surface area contributed by atoms with Crippen molar-refractivity contribution in [3.63, 3.8) is 0 Å². The number of amides is 2. The minimum atomic E-state index is -4.86. The minimum Gasteiger partial charge on any atom is -0.444 e. The van der Waals surface area contributed by atoms with Crippen LogP contribution in [0, 0.1) is 0 Å². The highest BCUT2D eigenvalue weighted by Crippen LogP contribution is 2.45. The Balaban J connectivity index is 1.31. The molecule has 0 radical (unpaired) electrons. The van der Waals surface area contributed by atoms with Gasteiger partial charge in [0.05, 0.1) is 18.8 Å². The van der Waals surface area contributed by atoms with E-state index in [0.29, 0.717) is 13.0 Å². The molecular weight excluding hydrogens is 535 g/mol. The summed E-state index contributed by atoms with van der Waals surface area (Å²) in [5, 5.41) is 18.3. The molecule has 2 atom stereocenters. The average Bonchev–Trinajstić information content (AvgIpc) is 3.21. The van der Waals surface area contributed by atoms with Crippen molar-refractivity contribution >= 4 is 12.0 Å². The van der Waals surface area contributed by atoms with Gasteiger partial charge in [-0.2, -0.15) is 0 Å². The van der Waals surface area contributed by atoms with Crippen molar-refractivity contribution in [1.82, 2.24) is 35.4 Å². The third kappa shape index (κ3) is 6.69. The number of rotatable bonds is 7. The summed E-state index contributed by atoms with van der Waals surface area (Å²) < 4.78 is 55.1. The van der Waals surface area contributed by atoms with Crippen LogP contribution in [0.5, 0.6) is 5.75 Å². The van der Waals surface area contributed by atoms with Gasteiger partial charge in [0, 0.05) is 24.3 Å². The van der Waals surface area contributed by atoms with E-state index in [9.17, 15) is 22.8 Å². The van der Waals surface area contributed by atoms with E-state index in [1.165, 1.54) is 29.3 Å². The van der Waals surface area contributed by atoms with Crippen LogP contribution < -0.4 is 10.1 Å². The Kier molecular flexibility index (Phi) is 7.14. The molecule has 3 heterocycles. The Morgan fingerprint density at radius 1 is 1.18 bits per heavy atom. The summed E-state index contributed by atoms with van der Waals surface area (Å²) in [5.74, 6) is -1.40. The number of hydrogen-bond donors (Lipinski definition) is 1. The quantitative estimate of drug-likeness (QED) is 0.453. The number of nitrogens with one attached hydrogen (secondary N) is 1. The smallest absolute Gasteiger partial charge is 0.444 e. The van der Waals surface area contributed by atoms with E-state index in [-0.39, 0.29) is 35.8 Å². The number of nitrogens with zero attached hydrogens (tertiary/aromatic N) is 6. The SMILES string of the molecule is CC(C)(C)OC(=O)N1CC(NC(=O)c2nnc(-c3cc(OC(F)(F)F)ccc3C3CC3)o2)C[C@@H]1Cn1ccnn1. The zero-order valence-corrected chi connectivity index (χ0v) is 22.0. The lowest BCUT2D eigenvalue weighted by Gasteiger charge is -2.28. The summed E-state index contributed by atoms with van der Waals surface area (Å²) in [4.78, 5) is 27.4. The first-order valence-electron chi connectivity index (χ1n) is 12.7. The highest BCUT2D eigenvalue weighted by molar-refractivity contribution is 5.90. The molecule has 1 aliphatic carbocycles. The lowest BCUT2D eigenvalue weighted by molar-refractivity contribution is -0.274. The number of aromatic nitrogens is 5. The van der Waals surface area contributed by atoms with Crippen molar-refractivity contribution in [2.24, 2.45) is 0 Å². The maximum absolute atomic E-state index is 13.0. The van der Waals surface area contributed by atoms with Gasteiger partial charge in [-0.1, -0.05) is 11.3 Å². The Labute approximate surface area is 226 Å². The lowest BCUT2D eigenvalue weighted by atomic mass is 10.0. The molecule has 1 saturated heterocycles. The predicted octanol–water partition coefficient (Wildman–Crippen LogP) is 3.91. The molecule has 1 saturated carbocycles. The fourth-order valence-corrected chi connectivity index (χ4v) is 4.62. The second kappa shape index (κ2) is 10.4. The normalized spacial score (nSPS) is 19.5. The van der Waals surface area contributed by atoms with Gasteiger partial charge < -0.3 is 24.1 Å². The molecule has 1 aromatic carbocycles. The van der Waals surface area contributed by atoms with E-state index >= 15 is 0 Å². The van der Waals surface area contributed by atoms with Crippen LogP contribution in [-0.2, 0) is 11.3 Å². The lowest BCUT2D eigenvalue weighted by Crippen LogP contribution is -2.43. The zero-order valence-electron chi connectivity index (χ0n) is 22.0. The number of carbonyl (C=O) groups excluding carboxylic acids is 2. The maximum Gasteiger partial charge on any atom is 0.573 e. The van der Waals surface area contributed by atoms with Gasteiger partial charge in [-0.3, -0.25) is 9.48 Å². The molecule has 0 bridgehead atoms. The number of likely N-dealkylation sites (tertiary alicyclic amines) is 1. The summed E-state index contributed by atoms with van der Waals surface area (Å²) in [6, 6.07) is 3.16. The second-order valence-corrected chi connectivity index (χ2v) is 10.8. The van der Waals surface area contributed by atoms with Crippen molar-refractivity contribution < 1.29 is 36.7 Å². The molecular formula is C25H28F3N7O5. The van der Waals surface area contributed by atoms with Crippen molar-refractivity contribution in [3.8, 4) is 17.2 Å². The predicted molar refractivity (Wildman–Crippen MR) is 131 cm³/mol. The second-order valence-electron chi connectivity index (χ2n) is 10.8. The van der Waals surface area contributed by atoms with E-state index in [2.05, 4.69) is 30.6 Å². The van der Waals surface area contributed by atoms with Crippen LogP contribution in [0.15, 0.2) is 35.0 Å². The summed E-state index contributed by atoms with van der Waals surface area (Å²) in [6.45, 7) is 5.80. The molecule has 15 heteroatoms. The van der Waals surface area contributed by atoms with Crippen LogP contribution in [0.3, 0.4) is 0 Å². The van der Waals surface area contributed by atoms with Gasteiger partial charge in [0.25, 0.3) is 0 Å². The monoisotopic (exact) mass is 563 g/mol. The number of halogens is 3. The van der Waals surface area contributed by atoms with E-state index in [4.69, 9.17) is 9.15 Å². The van der Waals surface area contributed by atoms with Crippen LogP contribution in [0.4, 0.5) is 18.0 Å². The molecule has 2 fully saturated rings. The number of alkyl halides is 3. The summed E-state index contributed by atoms with van der Waals surface area (Å²) in [7, 11) is 0. The van der Waals surface area contributed by atoms with Crippen molar-refractivity contribution in [1.29, 1.82) is 0 Å². The van der Waals surface area contributed by atoms with Gasteiger partial charge in [-0.05, 0) is 63.6 Å². The third-order valence-electron chi connectivity index (χ3n) is 6.37. The first kappa shape index (κ1) is 27.4.